The molecule has 0 aliphatic carbocycles. The molecule has 0 saturated carbocycles. The Morgan fingerprint density at radius 3 is 2.42 bits per heavy atom. The number of halogens is 4. The van der Waals surface area contributed by atoms with E-state index in [0.717, 1.165) is 6.08 Å². The first-order valence-electron chi connectivity index (χ1n) is 2.85. The molecule has 0 radical (unpaired) electrons. The first-order valence-corrected chi connectivity index (χ1v) is 3.23. The minimum Gasteiger partial charge on any atom is -0.414 e. The zero-order chi connectivity index (χ0) is 9.61. The standard InChI is InChI=1S/C7H6ClF3O/c1-2-6(8)4-3-5-12-7(9,10)11/h2-5H,1H2. The maximum atomic E-state index is 11.3. The van der Waals surface area contributed by atoms with Crippen LogP contribution < -0.4 is 0 Å². The van der Waals surface area contributed by atoms with Crippen molar-refractivity contribution in [3.05, 3.63) is 36.1 Å². The van der Waals surface area contributed by atoms with E-state index in [2.05, 4.69) is 11.3 Å². The predicted molar refractivity (Wildman–Crippen MR) is 40.4 cm³/mol. The fraction of sp³-hybridized carbons (Fsp3) is 0.143. The van der Waals surface area contributed by atoms with Crippen LogP contribution in [0.15, 0.2) is 36.1 Å². The zero-order valence-electron chi connectivity index (χ0n) is 5.94. The Morgan fingerprint density at radius 2 is 2.00 bits per heavy atom. The van der Waals surface area contributed by atoms with E-state index in [-0.39, 0.29) is 5.03 Å². The van der Waals surface area contributed by atoms with Gasteiger partial charge in [-0.1, -0.05) is 24.3 Å². The molecule has 12 heavy (non-hydrogen) atoms. The number of ether oxygens (including phenoxy) is 1. The lowest BCUT2D eigenvalue weighted by molar-refractivity contribution is -0.298. The van der Waals surface area contributed by atoms with Crippen molar-refractivity contribution in [2.24, 2.45) is 0 Å². The number of rotatable bonds is 3. The smallest absolute Gasteiger partial charge is 0.414 e. The molecule has 0 aliphatic rings. The third kappa shape index (κ3) is 7.21. The van der Waals surface area contributed by atoms with Crippen molar-refractivity contribution in [2.75, 3.05) is 0 Å². The lowest BCUT2D eigenvalue weighted by Gasteiger charge is -2.01. The Kier molecular flexibility index (Phi) is 4.51. The first kappa shape index (κ1) is 11.1. The van der Waals surface area contributed by atoms with Gasteiger partial charge in [-0.25, -0.2) is 0 Å². The largest absolute Gasteiger partial charge is 0.572 e. The molecule has 68 valence electrons. The van der Waals surface area contributed by atoms with E-state index < -0.39 is 6.36 Å². The van der Waals surface area contributed by atoms with Crippen molar-refractivity contribution in [3.63, 3.8) is 0 Å². The summed E-state index contributed by atoms with van der Waals surface area (Å²) in [5.74, 6) is 0. The molecule has 0 spiro atoms. The molecule has 0 bridgehead atoms. The van der Waals surface area contributed by atoms with E-state index in [1.807, 2.05) is 0 Å². The van der Waals surface area contributed by atoms with Crippen LogP contribution in [0.1, 0.15) is 0 Å². The van der Waals surface area contributed by atoms with Crippen molar-refractivity contribution >= 4 is 11.6 Å². The van der Waals surface area contributed by atoms with Gasteiger partial charge < -0.3 is 4.74 Å². The van der Waals surface area contributed by atoms with Crippen LogP contribution in [-0.2, 0) is 4.74 Å². The molecule has 0 aromatic rings. The third-order valence-corrected chi connectivity index (χ3v) is 1.01. The summed E-state index contributed by atoms with van der Waals surface area (Å²) in [5, 5.41) is 0.233. The molecule has 0 N–H and O–H groups in total. The van der Waals surface area contributed by atoms with Gasteiger partial charge >= 0.3 is 6.36 Å². The molecule has 0 aromatic carbocycles. The van der Waals surface area contributed by atoms with Crippen LogP contribution in [0.25, 0.3) is 0 Å². The zero-order valence-corrected chi connectivity index (χ0v) is 6.69. The van der Waals surface area contributed by atoms with Crippen molar-refractivity contribution < 1.29 is 17.9 Å². The Morgan fingerprint density at radius 1 is 1.42 bits per heavy atom. The van der Waals surface area contributed by atoms with Crippen LogP contribution in [0.2, 0.25) is 0 Å². The fourth-order valence-corrected chi connectivity index (χ4v) is 0.388. The fourth-order valence-electron chi connectivity index (χ4n) is 0.316. The van der Waals surface area contributed by atoms with Gasteiger partial charge in [-0.3, -0.25) is 0 Å². The second-order valence-electron chi connectivity index (χ2n) is 1.65. The Balaban J connectivity index is 3.86. The lowest BCUT2D eigenvalue weighted by atomic mass is 10.5. The average Bonchev–Trinajstić information content (AvgIpc) is 1.96. The number of hydrogen-bond acceptors (Lipinski definition) is 1. The van der Waals surface area contributed by atoms with E-state index >= 15 is 0 Å². The van der Waals surface area contributed by atoms with Gasteiger partial charge in [0.05, 0.1) is 6.26 Å². The summed E-state index contributed by atoms with van der Waals surface area (Å²) in [7, 11) is 0. The second kappa shape index (κ2) is 4.87. The SMILES string of the molecule is C=CC(Cl)=CC=COC(F)(F)F. The van der Waals surface area contributed by atoms with Gasteiger partial charge in [0.25, 0.3) is 0 Å². The maximum absolute atomic E-state index is 11.3. The van der Waals surface area contributed by atoms with Crippen LogP contribution in [-0.4, -0.2) is 6.36 Å². The molecule has 0 heterocycles. The highest BCUT2D eigenvalue weighted by atomic mass is 35.5. The summed E-state index contributed by atoms with van der Waals surface area (Å²) in [5.41, 5.74) is 0. The van der Waals surface area contributed by atoms with Gasteiger partial charge in [-0.15, -0.1) is 13.2 Å². The molecule has 0 unspecified atom stereocenters. The van der Waals surface area contributed by atoms with Crippen LogP contribution in [0.4, 0.5) is 13.2 Å². The summed E-state index contributed by atoms with van der Waals surface area (Å²) in [6.45, 7) is 3.29. The predicted octanol–water partition coefficient (Wildman–Crippen LogP) is 3.35. The average molecular weight is 199 g/mol. The number of allylic oxidation sites excluding steroid dienone is 4. The molecule has 0 saturated heterocycles. The van der Waals surface area contributed by atoms with Crippen LogP contribution >= 0.6 is 11.6 Å². The van der Waals surface area contributed by atoms with Gasteiger partial charge in [-0.05, 0) is 12.2 Å². The van der Waals surface area contributed by atoms with E-state index in [9.17, 15) is 13.2 Å². The van der Waals surface area contributed by atoms with Gasteiger partial charge in [-0.2, -0.15) is 0 Å². The Bertz CT molecular complexity index is 205. The molecular formula is C7H6ClF3O. The van der Waals surface area contributed by atoms with E-state index in [1.165, 1.54) is 12.2 Å². The lowest BCUT2D eigenvalue weighted by Crippen LogP contribution is -2.08. The van der Waals surface area contributed by atoms with Crippen LogP contribution in [0, 0.1) is 0 Å². The van der Waals surface area contributed by atoms with E-state index in [0.29, 0.717) is 6.26 Å². The van der Waals surface area contributed by atoms with Gasteiger partial charge in [0.2, 0.25) is 0 Å². The van der Waals surface area contributed by atoms with Crippen LogP contribution in [0.3, 0.4) is 0 Å². The van der Waals surface area contributed by atoms with Crippen molar-refractivity contribution in [3.8, 4) is 0 Å². The van der Waals surface area contributed by atoms with Gasteiger partial charge in [0.15, 0.2) is 0 Å². The summed E-state index contributed by atoms with van der Waals surface area (Å²) in [6, 6.07) is 0. The molecule has 1 nitrogen and oxygen atoms in total. The van der Waals surface area contributed by atoms with Crippen molar-refractivity contribution in [1.29, 1.82) is 0 Å². The van der Waals surface area contributed by atoms with Crippen molar-refractivity contribution in [1.82, 2.24) is 0 Å². The quantitative estimate of drug-likeness (QED) is 0.499. The number of hydrogen-bond donors (Lipinski definition) is 0. The summed E-state index contributed by atoms with van der Waals surface area (Å²) in [4.78, 5) is 0. The molecule has 0 fully saturated rings. The monoisotopic (exact) mass is 198 g/mol. The van der Waals surface area contributed by atoms with Crippen LogP contribution in [0.5, 0.6) is 0 Å². The molecule has 0 aromatic heterocycles. The highest BCUT2D eigenvalue weighted by molar-refractivity contribution is 6.31. The minimum atomic E-state index is -4.65. The minimum absolute atomic E-state index is 0.233. The van der Waals surface area contributed by atoms with Crippen molar-refractivity contribution in [2.45, 2.75) is 6.36 Å². The summed E-state index contributed by atoms with van der Waals surface area (Å²) in [6.07, 6.45) is -0.617. The molecular weight excluding hydrogens is 193 g/mol. The highest BCUT2D eigenvalue weighted by Gasteiger charge is 2.28. The Labute approximate surface area is 72.8 Å². The second-order valence-corrected chi connectivity index (χ2v) is 2.08. The van der Waals surface area contributed by atoms with Gasteiger partial charge in [0.1, 0.15) is 0 Å². The van der Waals surface area contributed by atoms with E-state index in [1.54, 1.807) is 0 Å². The summed E-state index contributed by atoms with van der Waals surface area (Å²) >= 11 is 5.37. The maximum Gasteiger partial charge on any atom is 0.572 e. The van der Waals surface area contributed by atoms with Gasteiger partial charge in [0, 0.05) is 5.03 Å². The number of alkyl halides is 3. The third-order valence-electron chi connectivity index (χ3n) is 0.731. The molecule has 0 rings (SSSR count). The Hall–Kier alpha value is -0.900. The summed E-state index contributed by atoms with van der Waals surface area (Å²) < 4.78 is 37.3. The normalized spacial score (nSPS) is 13.5. The first-order chi connectivity index (χ1) is 5.45. The van der Waals surface area contributed by atoms with E-state index in [4.69, 9.17) is 11.6 Å². The molecule has 5 heteroatoms. The highest BCUT2D eigenvalue weighted by Crippen LogP contribution is 2.16. The molecule has 0 atom stereocenters. The topological polar surface area (TPSA) is 9.23 Å². The molecule has 0 aliphatic heterocycles. The molecule has 0 amide bonds.